The number of carbonyl (C=O) groups is 1. The second kappa shape index (κ2) is 11.3. The average molecular weight is 604 g/mol. The molecule has 8 nitrogen and oxygen atoms in total. The molecule has 4 aromatic rings. The molecule has 0 atom stereocenters. The van der Waals surface area contributed by atoms with Gasteiger partial charge in [0.15, 0.2) is 0 Å². The molecule has 4 rings (SSSR count). The van der Waals surface area contributed by atoms with Crippen molar-refractivity contribution in [1.82, 2.24) is 0 Å². The largest absolute Gasteiger partial charge is 0.416 e. The molecule has 4 aromatic carbocycles. The SMILES string of the molecule is Cc1ccc(S(=O)(=O)Nc2ccc(C(=O)Nc3ccc(S(=O)(=O)Nc4cccc(C(F)(F)F)c4)cc3)cc2C)cc1. The fourth-order valence-electron chi connectivity index (χ4n) is 3.73. The lowest BCUT2D eigenvalue weighted by Gasteiger charge is -2.13. The van der Waals surface area contributed by atoms with Gasteiger partial charge in [0.05, 0.1) is 21.0 Å². The van der Waals surface area contributed by atoms with Crippen molar-refractivity contribution in [3.63, 3.8) is 0 Å². The van der Waals surface area contributed by atoms with Crippen LogP contribution in [0, 0.1) is 13.8 Å². The molecule has 214 valence electrons. The number of amides is 1. The van der Waals surface area contributed by atoms with E-state index in [1.54, 1.807) is 19.1 Å². The topological polar surface area (TPSA) is 121 Å². The van der Waals surface area contributed by atoms with Crippen molar-refractivity contribution in [3.8, 4) is 0 Å². The molecule has 0 aromatic heterocycles. The molecule has 0 aliphatic heterocycles. The van der Waals surface area contributed by atoms with E-state index >= 15 is 0 Å². The van der Waals surface area contributed by atoms with E-state index in [0.29, 0.717) is 17.3 Å². The third-order valence-electron chi connectivity index (χ3n) is 5.93. The van der Waals surface area contributed by atoms with E-state index in [2.05, 4.69) is 14.8 Å². The number of hydrogen-bond acceptors (Lipinski definition) is 5. The van der Waals surface area contributed by atoms with Crippen LogP contribution in [0.1, 0.15) is 27.0 Å². The molecule has 3 N–H and O–H groups in total. The van der Waals surface area contributed by atoms with Crippen molar-refractivity contribution in [2.75, 3.05) is 14.8 Å². The average Bonchev–Trinajstić information content (AvgIpc) is 2.90. The third kappa shape index (κ3) is 7.24. The maximum Gasteiger partial charge on any atom is 0.416 e. The second-order valence-corrected chi connectivity index (χ2v) is 12.5. The molecule has 0 unspecified atom stereocenters. The molecule has 0 bridgehead atoms. The van der Waals surface area contributed by atoms with Crippen LogP contribution in [0.25, 0.3) is 0 Å². The molecule has 0 fully saturated rings. The van der Waals surface area contributed by atoms with Gasteiger partial charge in [-0.05, 0) is 92.2 Å². The smallest absolute Gasteiger partial charge is 0.322 e. The Hall–Kier alpha value is -4.36. The molecule has 0 radical (unpaired) electrons. The highest BCUT2D eigenvalue weighted by atomic mass is 32.2. The van der Waals surface area contributed by atoms with Crippen LogP contribution in [-0.2, 0) is 26.2 Å². The Morgan fingerprint density at radius 2 is 1.27 bits per heavy atom. The van der Waals surface area contributed by atoms with Crippen LogP contribution >= 0.6 is 0 Å². The third-order valence-corrected chi connectivity index (χ3v) is 8.71. The van der Waals surface area contributed by atoms with Gasteiger partial charge in [0.2, 0.25) is 0 Å². The zero-order chi connectivity index (χ0) is 30.0. The summed E-state index contributed by atoms with van der Waals surface area (Å²) in [5.74, 6) is -0.529. The molecule has 0 aliphatic carbocycles. The Morgan fingerprint density at radius 3 is 1.85 bits per heavy atom. The molecule has 41 heavy (non-hydrogen) atoms. The number of rotatable bonds is 8. The van der Waals surface area contributed by atoms with Crippen LogP contribution in [0.2, 0.25) is 0 Å². The number of halogens is 3. The van der Waals surface area contributed by atoms with E-state index in [1.165, 1.54) is 60.7 Å². The van der Waals surface area contributed by atoms with E-state index in [0.717, 1.165) is 17.7 Å². The van der Waals surface area contributed by atoms with Crippen LogP contribution in [-0.4, -0.2) is 22.7 Å². The summed E-state index contributed by atoms with van der Waals surface area (Å²) < 4.78 is 94.2. The minimum Gasteiger partial charge on any atom is -0.322 e. The van der Waals surface area contributed by atoms with E-state index in [-0.39, 0.29) is 26.7 Å². The maximum absolute atomic E-state index is 12.9. The number of alkyl halides is 3. The van der Waals surface area contributed by atoms with Crippen LogP contribution in [0.3, 0.4) is 0 Å². The van der Waals surface area contributed by atoms with Gasteiger partial charge in [-0.2, -0.15) is 13.2 Å². The van der Waals surface area contributed by atoms with Crippen LogP contribution in [0.15, 0.2) is 101 Å². The fourth-order valence-corrected chi connectivity index (χ4v) is 5.91. The standard InChI is InChI=1S/C28H24F3N3O5S2/c1-18-6-11-24(12-7-18)41(38,39)34-26-15-8-20(16-19(26)2)27(35)32-22-9-13-25(14-10-22)40(36,37)33-23-5-3-4-21(17-23)28(29,30)31/h3-17,33-34H,1-2H3,(H,32,35). The minimum atomic E-state index is -4.63. The van der Waals surface area contributed by atoms with Gasteiger partial charge in [-0.15, -0.1) is 0 Å². The summed E-state index contributed by atoms with van der Waals surface area (Å²) in [6.07, 6.45) is -4.63. The molecular formula is C28H24F3N3O5S2. The van der Waals surface area contributed by atoms with Gasteiger partial charge >= 0.3 is 6.18 Å². The summed E-state index contributed by atoms with van der Waals surface area (Å²) >= 11 is 0. The van der Waals surface area contributed by atoms with Gasteiger partial charge < -0.3 is 5.32 Å². The van der Waals surface area contributed by atoms with E-state index in [1.807, 2.05) is 6.92 Å². The number of benzene rings is 4. The first kappa shape index (κ1) is 29.6. The lowest BCUT2D eigenvalue weighted by atomic mass is 10.1. The molecule has 0 aliphatic rings. The Kier molecular flexibility index (Phi) is 8.13. The minimum absolute atomic E-state index is 0.0970. The van der Waals surface area contributed by atoms with E-state index in [4.69, 9.17) is 0 Å². The second-order valence-electron chi connectivity index (χ2n) is 9.11. The quantitative estimate of drug-likeness (QED) is 0.222. The normalized spacial score (nSPS) is 12.0. The molecule has 0 heterocycles. The predicted molar refractivity (Wildman–Crippen MR) is 150 cm³/mol. The number of aryl methyl sites for hydroxylation is 2. The first-order valence-electron chi connectivity index (χ1n) is 12.0. The molecule has 0 saturated heterocycles. The van der Waals surface area contributed by atoms with Crippen LogP contribution in [0.5, 0.6) is 0 Å². The highest BCUT2D eigenvalue weighted by Crippen LogP contribution is 2.31. The number of anilines is 3. The molecular weight excluding hydrogens is 579 g/mol. The van der Waals surface area contributed by atoms with Gasteiger partial charge in [-0.1, -0.05) is 23.8 Å². The van der Waals surface area contributed by atoms with Crippen molar-refractivity contribution in [2.45, 2.75) is 29.8 Å². The van der Waals surface area contributed by atoms with E-state index in [9.17, 15) is 34.8 Å². The Morgan fingerprint density at radius 1 is 0.683 bits per heavy atom. The number of sulfonamides is 2. The van der Waals surface area contributed by atoms with E-state index < -0.39 is 37.7 Å². The highest BCUT2D eigenvalue weighted by molar-refractivity contribution is 7.93. The fraction of sp³-hybridized carbons (Fsp3) is 0.107. The van der Waals surface area contributed by atoms with Gasteiger partial charge in [0.25, 0.3) is 26.0 Å². The van der Waals surface area contributed by atoms with Crippen LogP contribution in [0.4, 0.5) is 30.2 Å². The highest BCUT2D eigenvalue weighted by Gasteiger charge is 2.30. The van der Waals surface area contributed by atoms with Gasteiger partial charge in [0.1, 0.15) is 0 Å². The monoisotopic (exact) mass is 603 g/mol. The number of carbonyl (C=O) groups excluding carboxylic acids is 1. The van der Waals surface area contributed by atoms with Gasteiger partial charge in [0, 0.05) is 16.9 Å². The van der Waals surface area contributed by atoms with Crippen molar-refractivity contribution in [2.24, 2.45) is 0 Å². The maximum atomic E-state index is 12.9. The van der Waals surface area contributed by atoms with Gasteiger partial charge in [-0.3, -0.25) is 14.2 Å². The molecule has 0 saturated carbocycles. The van der Waals surface area contributed by atoms with Crippen molar-refractivity contribution in [3.05, 3.63) is 113 Å². The number of nitrogens with one attached hydrogen (secondary N) is 3. The van der Waals surface area contributed by atoms with Crippen molar-refractivity contribution >= 4 is 43.0 Å². The Bertz CT molecular complexity index is 1810. The summed E-state index contributed by atoms with van der Waals surface area (Å²) in [6, 6.07) is 19.6. The molecule has 0 spiro atoms. The lowest BCUT2D eigenvalue weighted by Crippen LogP contribution is -2.16. The zero-order valence-electron chi connectivity index (χ0n) is 21.7. The number of hydrogen-bond donors (Lipinski definition) is 3. The first-order valence-corrected chi connectivity index (χ1v) is 14.9. The summed E-state index contributed by atoms with van der Waals surface area (Å²) in [7, 11) is -8.04. The van der Waals surface area contributed by atoms with Crippen molar-refractivity contribution in [1.29, 1.82) is 0 Å². The predicted octanol–water partition coefficient (Wildman–Crippen LogP) is 6.18. The first-order chi connectivity index (χ1) is 19.1. The zero-order valence-corrected chi connectivity index (χ0v) is 23.3. The Balaban J connectivity index is 1.43. The molecule has 13 heteroatoms. The van der Waals surface area contributed by atoms with Crippen molar-refractivity contribution < 1.29 is 34.8 Å². The van der Waals surface area contributed by atoms with Crippen LogP contribution < -0.4 is 14.8 Å². The Labute approximate surface area is 235 Å². The van der Waals surface area contributed by atoms with Gasteiger partial charge in [-0.25, -0.2) is 16.8 Å². The lowest BCUT2D eigenvalue weighted by molar-refractivity contribution is -0.137. The summed E-state index contributed by atoms with van der Waals surface area (Å²) in [5, 5.41) is 2.62. The summed E-state index contributed by atoms with van der Waals surface area (Å²) in [6.45, 7) is 3.48. The molecule has 1 amide bonds. The summed E-state index contributed by atoms with van der Waals surface area (Å²) in [4.78, 5) is 12.6. The summed E-state index contributed by atoms with van der Waals surface area (Å²) in [5.41, 5.74) is 0.942.